The van der Waals surface area contributed by atoms with Crippen LogP contribution in [0.15, 0.2) is 66.2 Å². The van der Waals surface area contributed by atoms with Crippen LogP contribution in [0.5, 0.6) is 5.75 Å². The van der Waals surface area contributed by atoms with Crippen LogP contribution in [0, 0.1) is 5.92 Å². The predicted octanol–water partition coefficient (Wildman–Crippen LogP) is 3.57. The van der Waals surface area contributed by atoms with Gasteiger partial charge in [-0.05, 0) is 64.6 Å². The number of aromatic nitrogens is 1. The number of amides is 2. The van der Waals surface area contributed by atoms with Crippen molar-refractivity contribution in [3.05, 3.63) is 88.6 Å². The number of carboxylic acids is 1. The second-order valence-corrected chi connectivity index (χ2v) is 12.1. The number of nitrogens with zero attached hydrogens (tertiary/aromatic N) is 1. The van der Waals surface area contributed by atoms with Gasteiger partial charge >= 0.3 is 5.97 Å². The second-order valence-electron chi connectivity index (χ2n) is 11.1. The average molecular weight is 586 g/mol. The van der Waals surface area contributed by atoms with Crippen molar-refractivity contribution in [1.29, 1.82) is 0 Å². The van der Waals surface area contributed by atoms with E-state index in [1.165, 1.54) is 12.1 Å². The fraction of sp³-hybridized carbons (Fsp3) is 0.312. The Bertz CT molecular complexity index is 1670. The number of thiophene rings is 1. The van der Waals surface area contributed by atoms with Crippen LogP contribution in [0.2, 0.25) is 0 Å². The van der Waals surface area contributed by atoms with Gasteiger partial charge in [0.2, 0.25) is 11.8 Å². The SMILES string of the molecule is O=C(Cc1csc2ccccc12)NC(Cc1ccc(O)cc1)C(=O)N[C@H]1CCc2ccn3c2C1C(=O)C[C@H](C(=O)O)C3. The van der Waals surface area contributed by atoms with Gasteiger partial charge in [-0.1, -0.05) is 30.3 Å². The molecule has 9 nitrogen and oxygen atoms in total. The number of benzene rings is 2. The van der Waals surface area contributed by atoms with Crippen LogP contribution in [-0.2, 0) is 45.0 Å². The van der Waals surface area contributed by atoms with E-state index < -0.39 is 35.8 Å². The summed E-state index contributed by atoms with van der Waals surface area (Å²) in [5, 5.41) is 28.3. The number of aryl methyl sites for hydroxylation is 1. The van der Waals surface area contributed by atoms with Crippen molar-refractivity contribution < 1.29 is 29.4 Å². The number of hydrogen-bond acceptors (Lipinski definition) is 6. The number of phenolic OH excluding ortho intramolecular Hbond substituents is 1. The number of aromatic hydroxyl groups is 1. The fourth-order valence-corrected chi connectivity index (χ4v) is 7.23. The van der Waals surface area contributed by atoms with E-state index >= 15 is 0 Å². The first-order valence-electron chi connectivity index (χ1n) is 14.0. The molecular weight excluding hydrogens is 554 g/mol. The Labute approximate surface area is 246 Å². The third kappa shape index (κ3) is 5.54. The van der Waals surface area contributed by atoms with Crippen molar-refractivity contribution in [2.24, 2.45) is 5.92 Å². The smallest absolute Gasteiger partial charge is 0.308 e. The van der Waals surface area contributed by atoms with Crippen LogP contribution < -0.4 is 10.6 Å². The van der Waals surface area contributed by atoms with Gasteiger partial charge in [-0.3, -0.25) is 19.2 Å². The molecule has 2 aliphatic rings. The lowest BCUT2D eigenvalue weighted by Gasteiger charge is -2.33. The Morgan fingerprint density at radius 3 is 2.64 bits per heavy atom. The minimum atomic E-state index is -1.01. The molecule has 42 heavy (non-hydrogen) atoms. The summed E-state index contributed by atoms with van der Waals surface area (Å²) in [6, 6.07) is 14.8. The quantitative estimate of drug-likeness (QED) is 0.250. The van der Waals surface area contributed by atoms with Crippen molar-refractivity contribution in [2.75, 3.05) is 0 Å². The van der Waals surface area contributed by atoms with E-state index in [1.54, 1.807) is 23.5 Å². The van der Waals surface area contributed by atoms with Crippen molar-refractivity contribution in [1.82, 2.24) is 15.2 Å². The molecule has 2 aromatic carbocycles. The van der Waals surface area contributed by atoms with E-state index in [1.807, 2.05) is 46.5 Å². The number of fused-ring (bicyclic) bond motifs is 1. The number of ketones is 1. The zero-order chi connectivity index (χ0) is 29.4. The predicted molar refractivity (Wildman–Crippen MR) is 157 cm³/mol. The van der Waals surface area contributed by atoms with Crippen LogP contribution >= 0.6 is 11.3 Å². The summed E-state index contributed by atoms with van der Waals surface area (Å²) in [5.41, 5.74) is 3.42. The molecule has 1 aliphatic carbocycles. The number of carbonyl (C=O) groups is 4. The van der Waals surface area contributed by atoms with Crippen molar-refractivity contribution in [2.45, 2.75) is 56.7 Å². The number of phenols is 1. The normalized spacial score (nSPS) is 20.4. The van der Waals surface area contributed by atoms with Gasteiger partial charge in [0.1, 0.15) is 17.6 Å². The summed E-state index contributed by atoms with van der Waals surface area (Å²) in [6.07, 6.45) is 3.21. The van der Waals surface area contributed by atoms with Crippen molar-refractivity contribution in [3.8, 4) is 5.75 Å². The van der Waals surface area contributed by atoms with Gasteiger partial charge < -0.3 is 25.4 Å². The van der Waals surface area contributed by atoms with Gasteiger partial charge in [-0.2, -0.15) is 0 Å². The van der Waals surface area contributed by atoms with Crippen LogP contribution in [0.3, 0.4) is 0 Å². The molecule has 6 rings (SSSR count). The molecule has 4 N–H and O–H groups in total. The summed E-state index contributed by atoms with van der Waals surface area (Å²) in [5.74, 6) is -3.31. The molecule has 2 amide bonds. The number of nitrogens with one attached hydrogen (secondary N) is 2. The molecule has 2 aromatic heterocycles. The molecule has 3 heterocycles. The van der Waals surface area contributed by atoms with Gasteiger partial charge in [-0.15, -0.1) is 11.3 Å². The third-order valence-corrected chi connectivity index (χ3v) is 9.36. The van der Waals surface area contributed by atoms with E-state index in [4.69, 9.17) is 0 Å². The lowest BCUT2D eigenvalue weighted by atomic mass is 9.79. The van der Waals surface area contributed by atoms with E-state index in [9.17, 15) is 29.4 Å². The van der Waals surface area contributed by atoms with Crippen LogP contribution in [0.4, 0.5) is 0 Å². The number of carboxylic acid groups (broad SMARTS) is 1. The minimum absolute atomic E-state index is 0.0978. The molecule has 0 saturated carbocycles. The molecule has 4 atom stereocenters. The Balaban J connectivity index is 1.23. The second kappa shape index (κ2) is 11.4. The monoisotopic (exact) mass is 585 g/mol. The molecule has 4 aromatic rings. The molecule has 0 bridgehead atoms. The molecule has 10 heteroatoms. The summed E-state index contributed by atoms with van der Waals surface area (Å²) in [4.78, 5) is 52.3. The first-order valence-corrected chi connectivity index (χ1v) is 14.9. The minimum Gasteiger partial charge on any atom is -0.508 e. The molecule has 0 spiro atoms. The standard InChI is InChI=1S/C32H31N3O6S/c36-22-8-5-18(6-9-22)13-25(33-28(38)15-21-17-42-27-4-2-1-3-23(21)27)31(39)34-24-10-7-19-11-12-35-16-20(32(40)41)14-26(37)29(24)30(19)35/h1-6,8-9,11-12,17,20,24-25,29,36H,7,10,13-16H2,(H,33,38)(H,34,39)(H,40,41)/t20-,24-,25?,29?/m0/s1. The van der Waals surface area contributed by atoms with Gasteiger partial charge in [0, 0.05) is 42.0 Å². The van der Waals surface area contributed by atoms with Gasteiger partial charge in [0.05, 0.1) is 18.3 Å². The number of aliphatic carboxylic acids is 1. The van der Waals surface area contributed by atoms with Crippen molar-refractivity contribution in [3.63, 3.8) is 0 Å². The van der Waals surface area contributed by atoms with E-state index in [2.05, 4.69) is 10.6 Å². The Hall–Kier alpha value is -4.44. The average Bonchev–Trinajstić information content (AvgIpc) is 3.53. The third-order valence-electron chi connectivity index (χ3n) is 8.34. The van der Waals surface area contributed by atoms with Crippen LogP contribution in [0.25, 0.3) is 10.1 Å². The highest BCUT2D eigenvalue weighted by Crippen LogP contribution is 2.38. The van der Waals surface area contributed by atoms with E-state index in [0.717, 1.165) is 32.5 Å². The van der Waals surface area contributed by atoms with Gasteiger partial charge in [0.25, 0.3) is 0 Å². The highest BCUT2D eigenvalue weighted by atomic mass is 32.1. The zero-order valence-corrected chi connectivity index (χ0v) is 23.6. The van der Waals surface area contributed by atoms with E-state index in [-0.39, 0.29) is 43.2 Å². The number of rotatable bonds is 8. The number of carbonyl (C=O) groups excluding carboxylic acids is 3. The largest absolute Gasteiger partial charge is 0.508 e. The number of Topliss-reactive ketones (excluding diaryl/α,β-unsaturated/α-hetero) is 1. The first kappa shape index (κ1) is 27.7. The summed E-state index contributed by atoms with van der Waals surface area (Å²) in [7, 11) is 0. The Morgan fingerprint density at radius 2 is 1.86 bits per heavy atom. The summed E-state index contributed by atoms with van der Waals surface area (Å²) >= 11 is 1.56. The maximum Gasteiger partial charge on any atom is 0.308 e. The fourth-order valence-electron chi connectivity index (χ4n) is 6.27. The lowest BCUT2D eigenvalue weighted by molar-refractivity contribution is -0.144. The molecule has 0 fully saturated rings. The molecule has 216 valence electrons. The van der Waals surface area contributed by atoms with E-state index in [0.29, 0.717) is 12.8 Å². The maximum absolute atomic E-state index is 13.8. The highest BCUT2D eigenvalue weighted by Gasteiger charge is 2.42. The molecule has 0 radical (unpaired) electrons. The molecular formula is C32H31N3O6S. The topological polar surface area (TPSA) is 138 Å². The number of hydrogen-bond donors (Lipinski definition) is 4. The highest BCUT2D eigenvalue weighted by molar-refractivity contribution is 7.17. The molecule has 1 aliphatic heterocycles. The molecule has 0 saturated heterocycles. The van der Waals surface area contributed by atoms with Gasteiger partial charge in [-0.25, -0.2) is 0 Å². The summed E-state index contributed by atoms with van der Waals surface area (Å²) < 4.78 is 2.93. The van der Waals surface area contributed by atoms with Crippen molar-refractivity contribution >= 4 is 45.0 Å². The summed E-state index contributed by atoms with van der Waals surface area (Å²) in [6.45, 7) is 0.213. The maximum atomic E-state index is 13.8. The lowest BCUT2D eigenvalue weighted by Crippen LogP contribution is -2.53. The Kier molecular flexibility index (Phi) is 7.55. The Morgan fingerprint density at radius 1 is 1.07 bits per heavy atom. The molecule has 2 unspecified atom stereocenters. The van der Waals surface area contributed by atoms with Gasteiger partial charge in [0.15, 0.2) is 0 Å². The first-order chi connectivity index (χ1) is 20.3. The zero-order valence-electron chi connectivity index (χ0n) is 22.8. The van der Waals surface area contributed by atoms with Crippen LogP contribution in [-0.4, -0.2) is 50.4 Å². The van der Waals surface area contributed by atoms with Crippen LogP contribution in [0.1, 0.15) is 41.1 Å².